The van der Waals surface area contributed by atoms with Gasteiger partial charge < -0.3 is 10.6 Å². The van der Waals surface area contributed by atoms with Crippen molar-refractivity contribution in [2.75, 3.05) is 11.9 Å². The highest BCUT2D eigenvalue weighted by atomic mass is 35.5. The standard InChI is InChI=1S/C12H11ClFN5S/c13-8-3-7-17-19-11(8)18-12(20)16-6-4-10-9(14)2-1-5-15-10/h1-3,5,7H,4,6H2,(H2,16,18,19,20). The summed E-state index contributed by atoms with van der Waals surface area (Å²) in [6.45, 7) is 0.442. The molecule has 0 radical (unpaired) electrons. The van der Waals surface area contributed by atoms with E-state index in [1.165, 1.54) is 12.3 Å². The molecule has 2 N–H and O–H groups in total. The number of nitrogens with zero attached hydrogens (tertiary/aromatic N) is 3. The van der Waals surface area contributed by atoms with E-state index in [0.29, 0.717) is 34.6 Å². The molecule has 0 saturated carbocycles. The van der Waals surface area contributed by atoms with E-state index in [1.54, 1.807) is 18.3 Å². The molecule has 0 unspecified atom stereocenters. The van der Waals surface area contributed by atoms with Crippen LogP contribution in [0.2, 0.25) is 5.02 Å². The molecule has 0 spiro atoms. The summed E-state index contributed by atoms with van der Waals surface area (Å²) in [6, 6.07) is 4.52. The fraction of sp³-hybridized carbons (Fsp3) is 0.167. The first-order valence-electron chi connectivity index (χ1n) is 5.78. The van der Waals surface area contributed by atoms with Gasteiger partial charge in [0, 0.05) is 19.2 Å². The van der Waals surface area contributed by atoms with Gasteiger partial charge in [0.15, 0.2) is 10.9 Å². The second kappa shape index (κ2) is 7.06. The molecule has 104 valence electrons. The average Bonchev–Trinajstić information content (AvgIpc) is 2.43. The molecule has 2 aromatic rings. The van der Waals surface area contributed by atoms with E-state index in [4.69, 9.17) is 23.8 Å². The van der Waals surface area contributed by atoms with Gasteiger partial charge >= 0.3 is 0 Å². The largest absolute Gasteiger partial charge is 0.362 e. The third kappa shape index (κ3) is 4.07. The van der Waals surface area contributed by atoms with Gasteiger partial charge in [0.05, 0.1) is 16.9 Å². The lowest BCUT2D eigenvalue weighted by molar-refractivity contribution is 0.596. The number of pyridine rings is 1. The van der Waals surface area contributed by atoms with E-state index in [9.17, 15) is 4.39 Å². The molecule has 0 fully saturated rings. The summed E-state index contributed by atoms with van der Waals surface area (Å²) in [7, 11) is 0. The second-order valence-corrected chi connectivity index (χ2v) is 4.61. The van der Waals surface area contributed by atoms with Crippen molar-refractivity contribution < 1.29 is 4.39 Å². The molecular formula is C12H11ClFN5S. The Balaban J connectivity index is 1.82. The molecule has 0 aliphatic carbocycles. The zero-order valence-electron chi connectivity index (χ0n) is 10.3. The highest BCUT2D eigenvalue weighted by Gasteiger charge is 2.05. The summed E-state index contributed by atoms with van der Waals surface area (Å²) in [4.78, 5) is 3.95. The maximum atomic E-state index is 13.3. The predicted molar refractivity (Wildman–Crippen MR) is 79.2 cm³/mol. The van der Waals surface area contributed by atoms with E-state index >= 15 is 0 Å². The number of aromatic nitrogens is 3. The lowest BCUT2D eigenvalue weighted by Crippen LogP contribution is -2.31. The fourth-order valence-corrected chi connectivity index (χ4v) is 1.79. The van der Waals surface area contributed by atoms with Crippen LogP contribution in [0.3, 0.4) is 0 Å². The summed E-state index contributed by atoms with van der Waals surface area (Å²) in [5.41, 5.74) is 0.389. The van der Waals surface area contributed by atoms with Crippen LogP contribution in [0.15, 0.2) is 30.6 Å². The normalized spacial score (nSPS) is 10.1. The van der Waals surface area contributed by atoms with Gasteiger partial charge in [-0.15, -0.1) is 5.10 Å². The van der Waals surface area contributed by atoms with Crippen LogP contribution >= 0.6 is 23.8 Å². The lowest BCUT2D eigenvalue weighted by atomic mass is 10.2. The Labute approximate surface area is 125 Å². The third-order valence-electron chi connectivity index (χ3n) is 2.39. The van der Waals surface area contributed by atoms with Crippen molar-refractivity contribution in [2.24, 2.45) is 0 Å². The lowest BCUT2D eigenvalue weighted by Gasteiger charge is -2.10. The average molecular weight is 312 g/mol. The van der Waals surface area contributed by atoms with E-state index in [0.717, 1.165) is 0 Å². The summed E-state index contributed by atoms with van der Waals surface area (Å²) in [6.07, 6.45) is 3.45. The van der Waals surface area contributed by atoms with Crippen LogP contribution in [-0.2, 0) is 6.42 Å². The number of nitrogens with one attached hydrogen (secondary N) is 2. The Hall–Kier alpha value is -1.86. The molecule has 0 bridgehead atoms. The molecule has 0 saturated heterocycles. The van der Waals surface area contributed by atoms with Gasteiger partial charge in [-0.25, -0.2) is 4.39 Å². The summed E-state index contributed by atoms with van der Waals surface area (Å²) >= 11 is 11.0. The highest BCUT2D eigenvalue weighted by molar-refractivity contribution is 7.80. The van der Waals surface area contributed by atoms with Crippen LogP contribution in [0, 0.1) is 5.82 Å². The van der Waals surface area contributed by atoms with Gasteiger partial charge in [0.2, 0.25) is 0 Å². The molecule has 20 heavy (non-hydrogen) atoms. The maximum absolute atomic E-state index is 13.3. The summed E-state index contributed by atoms with van der Waals surface area (Å²) in [5.74, 6) is 0.0424. The topological polar surface area (TPSA) is 62.7 Å². The van der Waals surface area contributed by atoms with Gasteiger partial charge in [0.25, 0.3) is 0 Å². The third-order valence-corrected chi connectivity index (χ3v) is 2.94. The number of anilines is 1. The van der Waals surface area contributed by atoms with Crippen LogP contribution in [0.25, 0.3) is 0 Å². The minimum Gasteiger partial charge on any atom is -0.362 e. The number of rotatable bonds is 4. The van der Waals surface area contributed by atoms with Gasteiger partial charge in [-0.1, -0.05) is 11.6 Å². The van der Waals surface area contributed by atoms with Gasteiger partial charge in [-0.2, -0.15) is 5.10 Å². The van der Waals surface area contributed by atoms with Crippen molar-refractivity contribution in [3.63, 3.8) is 0 Å². The first kappa shape index (κ1) is 14.5. The highest BCUT2D eigenvalue weighted by Crippen LogP contribution is 2.15. The van der Waals surface area contributed by atoms with Gasteiger partial charge in [-0.3, -0.25) is 4.98 Å². The molecule has 8 heteroatoms. The molecule has 2 aromatic heterocycles. The molecule has 0 aromatic carbocycles. The van der Waals surface area contributed by atoms with E-state index in [-0.39, 0.29) is 5.82 Å². The molecule has 0 aliphatic heterocycles. The first-order chi connectivity index (χ1) is 9.66. The summed E-state index contributed by atoms with van der Waals surface area (Å²) < 4.78 is 13.3. The monoisotopic (exact) mass is 311 g/mol. The number of hydrogen-bond acceptors (Lipinski definition) is 4. The molecular weight excluding hydrogens is 301 g/mol. The van der Waals surface area contributed by atoms with Crippen LogP contribution in [0.4, 0.5) is 10.2 Å². The van der Waals surface area contributed by atoms with Crippen LogP contribution in [0.1, 0.15) is 5.69 Å². The zero-order valence-corrected chi connectivity index (χ0v) is 11.9. The molecule has 0 amide bonds. The minimum atomic E-state index is -0.329. The Morgan fingerprint density at radius 3 is 2.95 bits per heavy atom. The quantitative estimate of drug-likeness (QED) is 0.844. The number of hydrogen-bond donors (Lipinski definition) is 2. The molecule has 2 heterocycles. The summed E-state index contributed by atoms with van der Waals surface area (Å²) in [5, 5.41) is 14.0. The van der Waals surface area contributed by atoms with Crippen molar-refractivity contribution >= 4 is 34.7 Å². The van der Waals surface area contributed by atoms with E-state index in [2.05, 4.69) is 25.8 Å². The Morgan fingerprint density at radius 1 is 1.35 bits per heavy atom. The Bertz CT molecular complexity index is 610. The molecule has 0 aliphatic rings. The maximum Gasteiger partial charge on any atom is 0.173 e. The van der Waals surface area contributed by atoms with Crippen molar-refractivity contribution in [2.45, 2.75) is 6.42 Å². The number of halogens is 2. The molecule has 5 nitrogen and oxygen atoms in total. The predicted octanol–water partition coefficient (Wildman–Crippen LogP) is 2.19. The molecule has 2 rings (SSSR count). The van der Waals surface area contributed by atoms with Crippen molar-refractivity contribution in [3.8, 4) is 0 Å². The van der Waals surface area contributed by atoms with E-state index < -0.39 is 0 Å². The van der Waals surface area contributed by atoms with Crippen LogP contribution in [0.5, 0.6) is 0 Å². The van der Waals surface area contributed by atoms with Gasteiger partial charge in [0.1, 0.15) is 5.82 Å². The second-order valence-electron chi connectivity index (χ2n) is 3.79. The van der Waals surface area contributed by atoms with Crippen molar-refractivity contribution in [3.05, 3.63) is 47.1 Å². The minimum absolute atomic E-state index is 0.329. The smallest absolute Gasteiger partial charge is 0.173 e. The van der Waals surface area contributed by atoms with Crippen molar-refractivity contribution in [1.82, 2.24) is 20.5 Å². The molecule has 0 atom stereocenters. The zero-order chi connectivity index (χ0) is 14.4. The van der Waals surface area contributed by atoms with Crippen LogP contribution < -0.4 is 10.6 Å². The SMILES string of the molecule is Fc1cccnc1CCNC(=S)Nc1nnccc1Cl. The fourth-order valence-electron chi connectivity index (χ4n) is 1.45. The number of thiocarbonyl (C=S) groups is 1. The Kier molecular flexibility index (Phi) is 5.14. The van der Waals surface area contributed by atoms with E-state index in [1.807, 2.05) is 0 Å². The van der Waals surface area contributed by atoms with Gasteiger partial charge in [-0.05, 0) is 30.4 Å². The Morgan fingerprint density at radius 2 is 2.20 bits per heavy atom. The van der Waals surface area contributed by atoms with Crippen LogP contribution in [-0.4, -0.2) is 26.8 Å². The first-order valence-corrected chi connectivity index (χ1v) is 6.57. The van der Waals surface area contributed by atoms with Crippen molar-refractivity contribution in [1.29, 1.82) is 0 Å².